The minimum Gasteiger partial charge on any atom is -0.269 e. The van der Waals surface area contributed by atoms with Crippen LogP contribution >= 0.6 is 0 Å². The van der Waals surface area contributed by atoms with Crippen LogP contribution in [0.15, 0.2) is 54.7 Å². The van der Waals surface area contributed by atoms with Crippen LogP contribution in [0.1, 0.15) is 5.82 Å². The van der Waals surface area contributed by atoms with Crippen molar-refractivity contribution in [2.75, 3.05) is 5.84 Å². The molecule has 0 aliphatic heterocycles. The predicted molar refractivity (Wildman–Crippen MR) is 77.5 cm³/mol. The Hall–Kier alpha value is -2.55. The fourth-order valence-corrected chi connectivity index (χ4v) is 2.90. The summed E-state index contributed by atoms with van der Waals surface area (Å²) < 4.78 is 3.91. The molecule has 0 saturated heterocycles. The molecule has 2 N–H and O–H groups in total. The minimum atomic E-state index is 1.02. The third-order valence-electron chi connectivity index (χ3n) is 3.84. The summed E-state index contributed by atoms with van der Waals surface area (Å²) in [5.41, 5.74) is 2.34. The Labute approximate surface area is 110 Å². The number of aromatic nitrogens is 2. The molecule has 2 heterocycles. The van der Waals surface area contributed by atoms with E-state index in [0.717, 1.165) is 11.3 Å². The highest BCUT2D eigenvalue weighted by Crippen LogP contribution is 2.26. The van der Waals surface area contributed by atoms with Crippen LogP contribution in [0.4, 0.5) is 0 Å². The molecule has 3 heteroatoms. The van der Waals surface area contributed by atoms with E-state index in [0.29, 0.717) is 0 Å². The number of nitrogen functional groups attached to an aromatic ring is 1. The van der Waals surface area contributed by atoms with Gasteiger partial charge in [-0.3, -0.25) is 5.84 Å². The maximum absolute atomic E-state index is 6.03. The fourth-order valence-electron chi connectivity index (χ4n) is 2.90. The second-order valence-corrected chi connectivity index (χ2v) is 4.87. The quantitative estimate of drug-likeness (QED) is 0.290. The number of nitrogens with two attached hydrogens (primary N) is 1. The summed E-state index contributed by atoms with van der Waals surface area (Å²) in [5.74, 6) is 7.06. The number of nitrogens with zero attached hydrogens (tertiary/aromatic N) is 2. The molecule has 0 atom stereocenters. The van der Waals surface area contributed by atoms with E-state index in [9.17, 15) is 0 Å². The number of imidazole rings is 1. The van der Waals surface area contributed by atoms with Crippen LogP contribution in [0, 0.1) is 6.92 Å². The molecule has 0 radical (unpaired) electrons. The van der Waals surface area contributed by atoms with Crippen molar-refractivity contribution in [2.45, 2.75) is 6.92 Å². The Kier molecular flexibility index (Phi) is 1.90. The number of fused-ring (bicyclic) bond motifs is 6. The zero-order chi connectivity index (χ0) is 13.0. The largest absolute Gasteiger partial charge is 0.282 e. The van der Waals surface area contributed by atoms with Gasteiger partial charge >= 0.3 is 0 Å². The molecule has 0 spiro atoms. The normalized spacial score (nSPS) is 11.6. The molecule has 0 unspecified atom stereocenters. The van der Waals surface area contributed by atoms with Crippen LogP contribution in [-0.4, -0.2) is 4.68 Å². The first-order chi connectivity index (χ1) is 9.27. The van der Waals surface area contributed by atoms with Crippen LogP contribution in [-0.2, 0) is 0 Å². The van der Waals surface area contributed by atoms with E-state index in [4.69, 9.17) is 5.84 Å². The number of para-hydroxylation sites is 1. The number of hydrogen-bond donors (Lipinski definition) is 1. The molecule has 0 bridgehead atoms. The second kappa shape index (κ2) is 3.48. The molecule has 0 aliphatic carbocycles. The highest BCUT2D eigenvalue weighted by molar-refractivity contribution is 6.09. The van der Waals surface area contributed by atoms with Crippen LogP contribution in [0.5, 0.6) is 0 Å². The van der Waals surface area contributed by atoms with E-state index in [1.165, 1.54) is 21.7 Å². The van der Waals surface area contributed by atoms with Gasteiger partial charge < -0.3 is 0 Å². The summed E-state index contributed by atoms with van der Waals surface area (Å²) in [6.45, 7) is 2.04. The molecule has 19 heavy (non-hydrogen) atoms. The van der Waals surface area contributed by atoms with Gasteiger partial charge in [0.1, 0.15) is 5.52 Å². The van der Waals surface area contributed by atoms with Gasteiger partial charge in [0.15, 0.2) is 11.7 Å². The molecular weight excluding hydrogens is 234 g/mol. The lowest BCUT2D eigenvalue weighted by Gasteiger charge is -2.04. The van der Waals surface area contributed by atoms with Crippen LogP contribution < -0.4 is 10.2 Å². The molecule has 0 fully saturated rings. The van der Waals surface area contributed by atoms with Gasteiger partial charge in [0, 0.05) is 17.7 Å². The van der Waals surface area contributed by atoms with Crippen LogP contribution in [0.25, 0.3) is 27.2 Å². The molecule has 2 aromatic heterocycles. The van der Waals surface area contributed by atoms with E-state index < -0.39 is 0 Å². The molecular formula is C16H14N3+. The maximum Gasteiger partial charge on any atom is 0.282 e. The van der Waals surface area contributed by atoms with Gasteiger partial charge in [-0.05, 0) is 17.5 Å². The Morgan fingerprint density at radius 3 is 2.16 bits per heavy atom. The second-order valence-electron chi connectivity index (χ2n) is 4.87. The molecule has 2 aromatic carbocycles. The number of benzene rings is 2. The highest BCUT2D eigenvalue weighted by Gasteiger charge is 2.18. The zero-order valence-electron chi connectivity index (χ0n) is 10.7. The Morgan fingerprint density at radius 1 is 0.842 bits per heavy atom. The van der Waals surface area contributed by atoms with Crippen molar-refractivity contribution in [3.8, 4) is 0 Å². The molecule has 4 rings (SSSR count). The molecule has 0 saturated carbocycles. The van der Waals surface area contributed by atoms with Crippen molar-refractivity contribution >= 4 is 27.2 Å². The van der Waals surface area contributed by atoms with Gasteiger partial charge in [0.25, 0.3) is 5.82 Å². The van der Waals surface area contributed by atoms with Crippen molar-refractivity contribution in [3.63, 3.8) is 0 Å². The summed E-state index contributed by atoms with van der Waals surface area (Å²) in [6.07, 6.45) is 1.99. The molecule has 3 nitrogen and oxygen atoms in total. The third-order valence-corrected chi connectivity index (χ3v) is 3.84. The lowest BCUT2D eigenvalue weighted by atomic mass is 10.1. The van der Waals surface area contributed by atoms with Crippen molar-refractivity contribution in [2.24, 2.45) is 0 Å². The van der Waals surface area contributed by atoms with Crippen LogP contribution in [0.3, 0.4) is 0 Å². The molecule has 0 aliphatic rings. The average Bonchev–Trinajstić information content (AvgIpc) is 2.76. The Morgan fingerprint density at radius 2 is 1.42 bits per heavy atom. The van der Waals surface area contributed by atoms with Gasteiger partial charge in [-0.25, -0.2) is 0 Å². The molecule has 4 aromatic rings. The van der Waals surface area contributed by atoms with Gasteiger partial charge in [0.05, 0.1) is 0 Å². The average molecular weight is 248 g/mol. The standard InChI is InChI=1S/C16H14N3/c1-11-18(17)10-16-14-8-3-2-6-12(14)13-7-4-5-9-15(13)19(11)16/h2-10H,17H2,1H3/q+1. The molecule has 0 amide bonds. The third kappa shape index (κ3) is 1.24. The fraction of sp³-hybridized carbons (Fsp3) is 0.0625. The van der Waals surface area contributed by atoms with Crippen molar-refractivity contribution < 1.29 is 4.40 Å². The van der Waals surface area contributed by atoms with Crippen molar-refractivity contribution in [1.82, 2.24) is 4.68 Å². The SMILES string of the molecule is Cc1n(N)cc2c3ccccc3c3ccccc3[n+]12. The highest BCUT2D eigenvalue weighted by atomic mass is 15.3. The predicted octanol–water partition coefficient (Wildman–Crippen LogP) is 2.56. The Balaban J connectivity index is 2.47. The van der Waals surface area contributed by atoms with Gasteiger partial charge in [-0.15, -0.1) is 4.68 Å². The van der Waals surface area contributed by atoms with E-state index in [1.807, 2.05) is 13.1 Å². The van der Waals surface area contributed by atoms with Crippen molar-refractivity contribution in [1.29, 1.82) is 0 Å². The van der Waals surface area contributed by atoms with Crippen molar-refractivity contribution in [3.05, 3.63) is 60.6 Å². The minimum absolute atomic E-state index is 1.02. The number of pyridine rings is 1. The van der Waals surface area contributed by atoms with E-state index in [2.05, 4.69) is 52.9 Å². The van der Waals surface area contributed by atoms with Crippen LogP contribution in [0.2, 0.25) is 0 Å². The first kappa shape index (κ1) is 10.4. The summed E-state index contributed by atoms with van der Waals surface area (Å²) in [6, 6.07) is 16.9. The lowest BCUT2D eigenvalue weighted by Crippen LogP contribution is -2.27. The number of aryl methyl sites for hydroxylation is 1. The topological polar surface area (TPSA) is 35.0 Å². The summed E-state index contributed by atoms with van der Waals surface area (Å²) in [4.78, 5) is 0. The van der Waals surface area contributed by atoms with Gasteiger partial charge in [0.2, 0.25) is 0 Å². The summed E-state index contributed by atoms with van der Waals surface area (Å²) in [7, 11) is 0. The lowest BCUT2D eigenvalue weighted by molar-refractivity contribution is -0.489. The van der Waals surface area contributed by atoms with Gasteiger partial charge in [-0.2, -0.15) is 4.40 Å². The van der Waals surface area contributed by atoms with E-state index in [1.54, 1.807) is 4.68 Å². The monoisotopic (exact) mass is 248 g/mol. The van der Waals surface area contributed by atoms with E-state index in [-0.39, 0.29) is 0 Å². The summed E-state index contributed by atoms with van der Waals surface area (Å²) in [5, 5.41) is 3.75. The number of rotatable bonds is 0. The maximum atomic E-state index is 6.03. The van der Waals surface area contributed by atoms with Gasteiger partial charge in [-0.1, -0.05) is 36.4 Å². The summed E-state index contributed by atoms with van der Waals surface area (Å²) >= 11 is 0. The number of hydrogen-bond acceptors (Lipinski definition) is 1. The molecule has 92 valence electrons. The van der Waals surface area contributed by atoms with E-state index >= 15 is 0 Å². The first-order valence-electron chi connectivity index (χ1n) is 6.35. The Bertz CT molecular complexity index is 935. The zero-order valence-corrected chi connectivity index (χ0v) is 10.7. The first-order valence-corrected chi connectivity index (χ1v) is 6.35. The smallest absolute Gasteiger partial charge is 0.269 e.